The highest BCUT2D eigenvalue weighted by molar-refractivity contribution is 7.92. The van der Waals surface area contributed by atoms with Gasteiger partial charge in [-0.05, 0) is 74.6 Å². The maximum atomic E-state index is 13.1. The molecule has 0 heterocycles. The molecule has 0 aliphatic heterocycles. The van der Waals surface area contributed by atoms with Gasteiger partial charge in [-0.3, -0.25) is 9.52 Å². The Balaban J connectivity index is 1.82. The van der Waals surface area contributed by atoms with Gasteiger partial charge in [0.05, 0.1) is 16.6 Å². The molecule has 1 atom stereocenters. The van der Waals surface area contributed by atoms with Gasteiger partial charge in [0, 0.05) is 5.56 Å². The van der Waals surface area contributed by atoms with Gasteiger partial charge >= 0.3 is 0 Å². The van der Waals surface area contributed by atoms with Crippen LogP contribution in [0.15, 0.2) is 65.6 Å². The minimum Gasteiger partial charge on any atom is -0.346 e. The molecular formula is C26H30N2O3S. The lowest BCUT2D eigenvalue weighted by molar-refractivity contribution is 0.0939. The summed E-state index contributed by atoms with van der Waals surface area (Å²) in [5.74, 6) is -0.319. The summed E-state index contributed by atoms with van der Waals surface area (Å²) in [5.41, 5.74) is 5.51. The molecule has 0 spiro atoms. The van der Waals surface area contributed by atoms with Crippen molar-refractivity contribution in [3.63, 3.8) is 0 Å². The molecule has 0 saturated heterocycles. The zero-order valence-corrected chi connectivity index (χ0v) is 20.0. The van der Waals surface area contributed by atoms with E-state index >= 15 is 0 Å². The molecule has 3 aromatic rings. The van der Waals surface area contributed by atoms with Gasteiger partial charge in [-0.25, -0.2) is 8.42 Å². The third-order valence-electron chi connectivity index (χ3n) is 5.60. The van der Waals surface area contributed by atoms with E-state index in [1.807, 2.05) is 57.2 Å². The third kappa shape index (κ3) is 5.37. The average molecular weight is 451 g/mol. The van der Waals surface area contributed by atoms with Crippen LogP contribution in [-0.2, 0) is 16.4 Å². The van der Waals surface area contributed by atoms with Crippen molar-refractivity contribution < 1.29 is 13.2 Å². The molecule has 6 heteroatoms. The van der Waals surface area contributed by atoms with Gasteiger partial charge in [0.25, 0.3) is 15.9 Å². The Labute approximate surface area is 190 Å². The highest BCUT2D eigenvalue weighted by atomic mass is 32.2. The molecule has 0 aliphatic carbocycles. The first kappa shape index (κ1) is 23.5. The fourth-order valence-electron chi connectivity index (χ4n) is 3.56. The molecule has 3 aromatic carbocycles. The number of anilines is 1. The number of carbonyl (C=O) groups excluding carboxylic acids is 1. The Hall–Kier alpha value is -3.12. The van der Waals surface area contributed by atoms with Crippen LogP contribution >= 0.6 is 0 Å². The Morgan fingerprint density at radius 1 is 0.906 bits per heavy atom. The Morgan fingerprint density at radius 3 is 2.22 bits per heavy atom. The van der Waals surface area contributed by atoms with Gasteiger partial charge in [-0.15, -0.1) is 0 Å². The Bertz CT molecular complexity index is 1230. The Kier molecular flexibility index (Phi) is 7.04. The first-order valence-electron chi connectivity index (χ1n) is 10.7. The number of nitrogens with one attached hydrogen (secondary N) is 2. The lowest BCUT2D eigenvalue weighted by atomic mass is 10.0. The fourth-order valence-corrected chi connectivity index (χ4v) is 4.97. The van der Waals surface area contributed by atoms with E-state index in [4.69, 9.17) is 0 Å². The summed E-state index contributed by atoms with van der Waals surface area (Å²) >= 11 is 0. The van der Waals surface area contributed by atoms with Crippen LogP contribution in [0.3, 0.4) is 0 Å². The highest BCUT2D eigenvalue weighted by Crippen LogP contribution is 2.24. The molecule has 3 rings (SSSR count). The van der Waals surface area contributed by atoms with Crippen molar-refractivity contribution in [1.29, 1.82) is 0 Å². The number of sulfonamides is 1. The molecule has 0 unspecified atom stereocenters. The van der Waals surface area contributed by atoms with Crippen molar-refractivity contribution in [3.8, 4) is 0 Å². The molecular weight excluding hydrogens is 420 g/mol. The minimum atomic E-state index is -3.85. The van der Waals surface area contributed by atoms with E-state index in [0.29, 0.717) is 16.8 Å². The van der Waals surface area contributed by atoms with E-state index in [9.17, 15) is 13.2 Å². The Morgan fingerprint density at radius 2 is 1.59 bits per heavy atom. The fraction of sp³-hybridized carbons (Fsp3) is 0.269. The number of amides is 1. The molecule has 32 heavy (non-hydrogen) atoms. The zero-order chi connectivity index (χ0) is 23.5. The highest BCUT2D eigenvalue weighted by Gasteiger charge is 2.21. The summed E-state index contributed by atoms with van der Waals surface area (Å²) in [4.78, 5) is 13.0. The van der Waals surface area contributed by atoms with Crippen molar-refractivity contribution in [3.05, 3.63) is 94.0 Å². The van der Waals surface area contributed by atoms with Crippen molar-refractivity contribution in [2.75, 3.05) is 4.72 Å². The topological polar surface area (TPSA) is 75.3 Å². The van der Waals surface area contributed by atoms with Crippen LogP contribution in [0.5, 0.6) is 0 Å². The summed E-state index contributed by atoms with van der Waals surface area (Å²) in [6.07, 6.45) is 0.956. The van der Waals surface area contributed by atoms with E-state index in [0.717, 1.165) is 23.1 Å². The largest absolute Gasteiger partial charge is 0.346 e. The van der Waals surface area contributed by atoms with Crippen LogP contribution in [0.4, 0.5) is 5.69 Å². The van der Waals surface area contributed by atoms with Gasteiger partial charge in [0.15, 0.2) is 0 Å². The number of benzene rings is 3. The van der Waals surface area contributed by atoms with Crippen LogP contribution in [0, 0.1) is 20.8 Å². The average Bonchev–Trinajstić information content (AvgIpc) is 2.75. The molecule has 168 valence electrons. The second-order valence-electron chi connectivity index (χ2n) is 8.19. The van der Waals surface area contributed by atoms with Crippen molar-refractivity contribution in [2.45, 2.75) is 52.0 Å². The maximum Gasteiger partial charge on any atom is 0.262 e. The van der Waals surface area contributed by atoms with E-state index in [-0.39, 0.29) is 16.8 Å². The smallest absolute Gasteiger partial charge is 0.262 e. The van der Waals surface area contributed by atoms with Crippen molar-refractivity contribution in [1.82, 2.24) is 5.32 Å². The molecule has 5 nitrogen and oxygen atoms in total. The molecule has 0 aromatic heterocycles. The minimum absolute atomic E-state index is 0.0880. The number of hydrogen-bond acceptors (Lipinski definition) is 3. The summed E-state index contributed by atoms with van der Waals surface area (Å²) in [6, 6.07) is 18.2. The van der Waals surface area contributed by atoms with Crippen molar-refractivity contribution >= 4 is 21.6 Å². The first-order valence-corrected chi connectivity index (χ1v) is 12.2. The van der Waals surface area contributed by atoms with E-state index in [1.54, 1.807) is 25.1 Å². The second-order valence-corrected chi connectivity index (χ2v) is 9.85. The number of carbonyl (C=O) groups is 1. The number of hydrogen-bond donors (Lipinski definition) is 2. The van der Waals surface area contributed by atoms with Crippen LogP contribution in [-0.4, -0.2) is 14.3 Å². The van der Waals surface area contributed by atoms with Gasteiger partial charge in [0.2, 0.25) is 0 Å². The van der Waals surface area contributed by atoms with Gasteiger partial charge in [0.1, 0.15) is 0 Å². The molecule has 1 amide bonds. The number of rotatable bonds is 7. The van der Waals surface area contributed by atoms with Crippen LogP contribution in [0.1, 0.15) is 58.1 Å². The molecule has 0 aliphatic rings. The first-order chi connectivity index (χ1) is 15.1. The predicted octanol–water partition coefficient (Wildman–Crippen LogP) is 5.47. The van der Waals surface area contributed by atoms with E-state index < -0.39 is 10.0 Å². The van der Waals surface area contributed by atoms with Crippen molar-refractivity contribution in [2.24, 2.45) is 0 Å². The SMILES string of the molecule is CCc1ccc([C@@H](C)NC(=O)c2ccc(C)c(S(=O)(=O)Nc3ccc(C)cc3C)c2)cc1. The predicted molar refractivity (Wildman–Crippen MR) is 130 cm³/mol. The van der Waals surface area contributed by atoms with Gasteiger partial charge < -0.3 is 5.32 Å². The summed E-state index contributed by atoms with van der Waals surface area (Å²) in [7, 11) is -3.85. The monoisotopic (exact) mass is 450 g/mol. The molecule has 0 fully saturated rings. The van der Waals surface area contributed by atoms with E-state index in [1.165, 1.54) is 11.6 Å². The summed E-state index contributed by atoms with van der Waals surface area (Å²) in [6.45, 7) is 9.54. The second kappa shape index (κ2) is 9.57. The summed E-state index contributed by atoms with van der Waals surface area (Å²) in [5, 5.41) is 2.96. The number of aryl methyl sites for hydroxylation is 4. The molecule has 0 bridgehead atoms. The van der Waals surface area contributed by atoms with E-state index in [2.05, 4.69) is 17.0 Å². The lowest BCUT2D eigenvalue weighted by Gasteiger charge is -2.16. The zero-order valence-electron chi connectivity index (χ0n) is 19.2. The third-order valence-corrected chi connectivity index (χ3v) is 7.11. The van der Waals surface area contributed by atoms with Gasteiger partial charge in [-0.2, -0.15) is 0 Å². The lowest BCUT2D eigenvalue weighted by Crippen LogP contribution is -2.27. The normalized spacial score (nSPS) is 12.3. The maximum absolute atomic E-state index is 13.1. The molecule has 0 saturated carbocycles. The summed E-state index contributed by atoms with van der Waals surface area (Å²) < 4.78 is 28.8. The van der Waals surface area contributed by atoms with Crippen LogP contribution < -0.4 is 10.0 Å². The van der Waals surface area contributed by atoms with Crippen LogP contribution in [0.25, 0.3) is 0 Å². The molecule has 0 radical (unpaired) electrons. The van der Waals surface area contributed by atoms with Gasteiger partial charge in [-0.1, -0.05) is 55.0 Å². The van der Waals surface area contributed by atoms with Crippen LogP contribution in [0.2, 0.25) is 0 Å². The quantitative estimate of drug-likeness (QED) is 0.501. The standard InChI is InChI=1S/C26H30N2O3S/c1-6-21-9-12-22(13-10-21)20(5)27-26(29)23-11-8-18(3)25(16-23)32(30,31)28-24-14-7-17(2)15-19(24)4/h7-16,20,28H,6H2,1-5H3,(H,27,29)/t20-/m1/s1. The molecule has 2 N–H and O–H groups in total.